The second kappa shape index (κ2) is 7.23. The lowest BCUT2D eigenvalue weighted by Crippen LogP contribution is -2.31. The van der Waals surface area contributed by atoms with Crippen LogP contribution in [0.1, 0.15) is 24.2 Å². The first kappa shape index (κ1) is 15.6. The fraction of sp³-hybridized carbons (Fsp3) is 0.385. The van der Waals surface area contributed by atoms with Crippen molar-refractivity contribution in [1.82, 2.24) is 5.32 Å². The average Bonchev–Trinajstić information content (AvgIpc) is 2.27. The number of amides is 1. The van der Waals surface area contributed by atoms with Crippen LogP contribution in [0.3, 0.4) is 0 Å². The maximum absolute atomic E-state index is 13.3. The second-order valence-corrected chi connectivity index (χ2v) is 5.25. The van der Waals surface area contributed by atoms with E-state index in [9.17, 15) is 18.4 Å². The summed E-state index contributed by atoms with van der Waals surface area (Å²) in [5.41, 5.74) is -0.154. The standard InChI is InChI=1S/C13H15F2NO2S/c1-8(2)16-13(18)7-19-6-12(17)10-4-3-9(14)5-11(10)15/h3-5,8H,6-7H2,1-2H3,(H,16,18). The van der Waals surface area contributed by atoms with Crippen LogP contribution < -0.4 is 5.32 Å². The minimum Gasteiger partial charge on any atom is -0.353 e. The molecule has 1 aromatic carbocycles. The van der Waals surface area contributed by atoms with E-state index in [2.05, 4.69) is 5.32 Å². The van der Waals surface area contributed by atoms with Gasteiger partial charge in [0.05, 0.1) is 17.1 Å². The van der Waals surface area contributed by atoms with Crippen LogP contribution in [-0.4, -0.2) is 29.2 Å². The van der Waals surface area contributed by atoms with E-state index in [0.717, 1.165) is 23.9 Å². The first-order valence-corrected chi connectivity index (χ1v) is 6.91. The van der Waals surface area contributed by atoms with Gasteiger partial charge in [0.1, 0.15) is 11.6 Å². The van der Waals surface area contributed by atoms with Crippen molar-refractivity contribution < 1.29 is 18.4 Å². The molecule has 0 aliphatic rings. The summed E-state index contributed by atoms with van der Waals surface area (Å²) in [6.07, 6.45) is 0. The predicted molar refractivity (Wildman–Crippen MR) is 71.3 cm³/mol. The monoisotopic (exact) mass is 287 g/mol. The van der Waals surface area contributed by atoms with Crippen LogP contribution in [0.2, 0.25) is 0 Å². The topological polar surface area (TPSA) is 46.2 Å². The van der Waals surface area contributed by atoms with Gasteiger partial charge >= 0.3 is 0 Å². The SMILES string of the molecule is CC(C)NC(=O)CSCC(=O)c1ccc(F)cc1F. The maximum Gasteiger partial charge on any atom is 0.230 e. The van der Waals surface area contributed by atoms with Gasteiger partial charge in [-0.25, -0.2) is 8.78 Å². The zero-order valence-electron chi connectivity index (χ0n) is 10.7. The average molecular weight is 287 g/mol. The van der Waals surface area contributed by atoms with Crippen LogP contribution in [0, 0.1) is 11.6 Å². The van der Waals surface area contributed by atoms with E-state index < -0.39 is 17.4 Å². The third kappa shape index (κ3) is 5.38. The Bertz CT molecular complexity index is 478. The van der Waals surface area contributed by atoms with Gasteiger partial charge in [-0.1, -0.05) is 0 Å². The molecular formula is C13H15F2NO2S. The number of Topliss-reactive ketones (excluding diaryl/α,β-unsaturated/α-hetero) is 1. The molecule has 1 N–H and O–H groups in total. The highest BCUT2D eigenvalue weighted by molar-refractivity contribution is 8.00. The van der Waals surface area contributed by atoms with Gasteiger partial charge in [0.25, 0.3) is 0 Å². The zero-order valence-corrected chi connectivity index (χ0v) is 11.5. The summed E-state index contributed by atoms with van der Waals surface area (Å²) >= 11 is 1.10. The summed E-state index contributed by atoms with van der Waals surface area (Å²) in [6, 6.07) is 2.86. The van der Waals surface area contributed by atoms with Gasteiger partial charge in [-0.3, -0.25) is 9.59 Å². The third-order valence-electron chi connectivity index (χ3n) is 2.15. The summed E-state index contributed by atoms with van der Waals surface area (Å²) < 4.78 is 26.0. The molecule has 3 nitrogen and oxygen atoms in total. The molecular weight excluding hydrogens is 272 g/mol. The lowest BCUT2D eigenvalue weighted by molar-refractivity contribution is -0.119. The summed E-state index contributed by atoms with van der Waals surface area (Å²) in [5, 5.41) is 2.68. The molecule has 0 heterocycles. The highest BCUT2D eigenvalue weighted by Gasteiger charge is 2.13. The molecule has 0 aromatic heterocycles. The Morgan fingerprint density at radius 2 is 1.95 bits per heavy atom. The Balaban J connectivity index is 2.45. The molecule has 1 aromatic rings. The maximum atomic E-state index is 13.3. The first-order valence-electron chi connectivity index (χ1n) is 5.75. The van der Waals surface area contributed by atoms with Gasteiger partial charge in [-0.2, -0.15) is 0 Å². The number of thioether (sulfide) groups is 1. The van der Waals surface area contributed by atoms with E-state index >= 15 is 0 Å². The minimum atomic E-state index is -0.878. The van der Waals surface area contributed by atoms with Crippen LogP contribution in [0.25, 0.3) is 0 Å². The van der Waals surface area contributed by atoms with E-state index in [0.29, 0.717) is 6.07 Å². The Morgan fingerprint density at radius 3 is 2.53 bits per heavy atom. The number of hydrogen-bond acceptors (Lipinski definition) is 3. The van der Waals surface area contributed by atoms with Gasteiger partial charge in [0.2, 0.25) is 5.91 Å². The summed E-state index contributed by atoms with van der Waals surface area (Å²) in [6.45, 7) is 3.67. The number of hydrogen-bond donors (Lipinski definition) is 1. The van der Waals surface area contributed by atoms with Crippen molar-refractivity contribution in [2.45, 2.75) is 19.9 Å². The third-order valence-corrected chi connectivity index (χ3v) is 3.08. The van der Waals surface area contributed by atoms with Gasteiger partial charge < -0.3 is 5.32 Å². The summed E-state index contributed by atoms with van der Waals surface area (Å²) in [4.78, 5) is 23.0. The summed E-state index contributed by atoms with van der Waals surface area (Å²) in [7, 11) is 0. The molecule has 0 spiro atoms. The molecule has 0 aliphatic carbocycles. The van der Waals surface area contributed by atoms with Crippen LogP contribution >= 0.6 is 11.8 Å². The minimum absolute atomic E-state index is 0.0198. The molecule has 1 rings (SSSR count). The van der Waals surface area contributed by atoms with E-state index in [4.69, 9.17) is 0 Å². The highest BCUT2D eigenvalue weighted by Crippen LogP contribution is 2.13. The fourth-order valence-corrected chi connectivity index (χ4v) is 2.11. The van der Waals surface area contributed by atoms with Crippen molar-refractivity contribution in [3.8, 4) is 0 Å². The Hall–Kier alpha value is -1.43. The van der Waals surface area contributed by atoms with Crippen LogP contribution in [0.5, 0.6) is 0 Å². The fourth-order valence-electron chi connectivity index (χ4n) is 1.39. The molecule has 6 heteroatoms. The highest BCUT2D eigenvalue weighted by atomic mass is 32.2. The zero-order chi connectivity index (χ0) is 14.4. The molecule has 0 unspecified atom stereocenters. The lowest BCUT2D eigenvalue weighted by atomic mass is 10.1. The van der Waals surface area contributed by atoms with E-state index in [1.807, 2.05) is 13.8 Å². The van der Waals surface area contributed by atoms with Crippen molar-refractivity contribution in [2.75, 3.05) is 11.5 Å². The second-order valence-electron chi connectivity index (χ2n) is 4.26. The number of carbonyl (C=O) groups excluding carboxylic acids is 2. The molecule has 19 heavy (non-hydrogen) atoms. The van der Waals surface area contributed by atoms with Crippen molar-refractivity contribution in [3.05, 3.63) is 35.4 Å². The van der Waals surface area contributed by atoms with Crippen LogP contribution in [0.15, 0.2) is 18.2 Å². The number of benzene rings is 1. The molecule has 104 valence electrons. The normalized spacial score (nSPS) is 10.6. The van der Waals surface area contributed by atoms with E-state index in [1.165, 1.54) is 0 Å². The Labute approximate surface area is 114 Å². The van der Waals surface area contributed by atoms with Crippen molar-refractivity contribution in [3.63, 3.8) is 0 Å². The number of halogens is 2. The predicted octanol–water partition coefficient (Wildman–Crippen LogP) is 2.41. The largest absolute Gasteiger partial charge is 0.353 e. The molecule has 0 radical (unpaired) electrons. The van der Waals surface area contributed by atoms with Crippen molar-refractivity contribution in [2.24, 2.45) is 0 Å². The van der Waals surface area contributed by atoms with Crippen molar-refractivity contribution in [1.29, 1.82) is 0 Å². The number of carbonyl (C=O) groups is 2. The lowest BCUT2D eigenvalue weighted by Gasteiger charge is -2.07. The molecule has 0 saturated carbocycles. The van der Waals surface area contributed by atoms with Crippen LogP contribution in [-0.2, 0) is 4.79 Å². The number of nitrogens with one attached hydrogen (secondary N) is 1. The first-order chi connectivity index (χ1) is 8.90. The van der Waals surface area contributed by atoms with Gasteiger partial charge in [-0.15, -0.1) is 11.8 Å². The van der Waals surface area contributed by atoms with Gasteiger partial charge in [0, 0.05) is 12.1 Å². The molecule has 0 bridgehead atoms. The molecule has 0 atom stereocenters. The summed E-state index contributed by atoms with van der Waals surface area (Å²) in [5.74, 6) is -2.12. The van der Waals surface area contributed by atoms with Crippen LogP contribution in [0.4, 0.5) is 8.78 Å². The number of ketones is 1. The van der Waals surface area contributed by atoms with Gasteiger partial charge in [0.15, 0.2) is 5.78 Å². The number of rotatable bonds is 6. The Morgan fingerprint density at radius 1 is 1.26 bits per heavy atom. The van der Waals surface area contributed by atoms with Crippen molar-refractivity contribution >= 4 is 23.5 Å². The smallest absolute Gasteiger partial charge is 0.230 e. The molecule has 0 aliphatic heterocycles. The molecule has 0 saturated heterocycles. The quantitative estimate of drug-likeness (QED) is 0.817. The van der Waals surface area contributed by atoms with Gasteiger partial charge in [-0.05, 0) is 26.0 Å². The van der Waals surface area contributed by atoms with E-state index in [1.54, 1.807) is 0 Å². The molecule has 0 fully saturated rings. The molecule has 1 amide bonds. The van der Waals surface area contributed by atoms with E-state index in [-0.39, 0.29) is 29.0 Å². The Kier molecular flexibility index (Phi) is 5.95.